The van der Waals surface area contributed by atoms with Gasteiger partial charge in [-0.05, 0) is 50.0 Å². The van der Waals surface area contributed by atoms with E-state index >= 15 is 0 Å². The van der Waals surface area contributed by atoms with E-state index in [2.05, 4.69) is 36.5 Å². The number of hydrogen-bond donors (Lipinski definition) is 3. The first kappa shape index (κ1) is 20.8. The van der Waals surface area contributed by atoms with Gasteiger partial charge in [-0.25, -0.2) is 4.21 Å². The number of benzene rings is 1. The molecule has 2 aliphatic rings. The fraction of sp³-hybridized carbons (Fsp3) is 0.579. The first-order chi connectivity index (χ1) is 13.7. The standard InChI is InChI=1S/C19H29N5O3S/c25-12-9-21-19-18(22-28(26)23-19)20-8-5-13-27-17-7-4-6-16(14-17)15-24-10-2-1-3-11-24/h4,6-7,14,25H,1-3,5,8-13,15H2,(H,20,22)(H,21,23). The van der Waals surface area contributed by atoms with E-state index in [-0.39, 0.29) is 6.61 Å². The highest BCUT2D eigenvalue weighted by molar-refractivity contribution is 7.83. The van der Waals surface area contributed by atoms with Gasteiger partial charge in [0.15, 0.2) is 11.7 Å². The highest BCUT2D eigenvalue weighted by atomic mass is 32.2. The molecule has 28 heavy (non-hydrogen) atoms. The number of likely N-dealkylation sites (tertiary alicyclic amines) is 1. The van der Waals surface area contributed by atoms with Crippen LogP contribution in [0.5, 0.6) is 5.75 Å². The van der Waals surface area contributed by atoms with Crippen molar-refractivity contribution >= 4 is 22.8 Å². The van der Waals surface area contributed by atoms with Crippen molar-refractivity contribution in [2.75, 3.05) is 39.4 Å². The second-order valence-corrected chi connectivity index (χ2v) is 7.70. The Morgan fingerprint density at radius 2 is 1.86 bits per heavy atom. The first-order valence-corrected chi connectivity index (χ1v) is 10.9. The Labute approximate surface area is 168 Å². The Kier molecular flexibility index (Phi) is 8.25. The number of amidine groups is 2. The molecule has 3 rings (SSSR count). The summed E-state index contributed by atoms with van der Waals surface area (Å²) in [6.45, 7) is 4.88. The van der Waals surface area contributed by atoms with Crippen LogP contribution in [0.1, 0.15) is 31.2 Å². The molecular formula is C19H29N5O3S. The van der Waals surface area contributed by atoms with E-state index < -0.39 is 11.2 Å². The van der Waals surface area contributed by atoms with Crippen molar-refractivity contribution in [3.8, 4) is 5.75 Å². The van der Waals surface area contributed by atoms with Crippen LogP contribution in [0.2, 0.25) is 0 Å². The van der Waals surface area contributed by atoms with Crippen molar-refractivity contribution in [3.05, 3.63) is 29.8 Å². The number of nitrogens with one attached hydrogen (secondary N) is 2. The third-order valence-corrected chi connectivity index (χ3v) is 5.28. The zero-order valence-corrected chi connectivity index (χ0v) is 16.9. The lowest BCUT2D eigenvalue weighted by Crippen LogP contribution is -2.40. The van der Waals surface area contributed by atoms with Crippen molar-refractivity contribution in [1.82, 2.24) is 15.5 Å². The lowest BCUT2D eigenvalue weighted by molar-refractivity contribution is 0.220. The summed E-state index contributed by atoms with van der Waals surface area (Å²) >= 11 is -1.60. The average Bonchev–Trinajstić information content (AvgIpc) is 3.06. The second kappa shape index (κ2) is 11.1. The van der Waals surface area contributed by atoms with Crippen LogP contribution < -0.4 is 15.4 Å². The topological polar surface area (TPSA) is 98.5 Å². The van der Waals surface area contributed by atoms with E-state index in [4.69, 9.17) is 9.84 Å². The Balaban J connectivity index is 1.37. The summed E-state index contributed by atoms with van der Waals surface area (Å²) in [7, 11) is 0. The summed E-state index contributed by atoms with van der Waals surface area (Å²) in [4.78, 5) is 2.50. The van der Waals surface area contributed by atoms with Crippen LogP contribution in [0.25, 0.3) is 0 Å². The SMILES string of the molecule is O=S1N=C(NCCO)C(NCCCOc2cccc(CN3CCCCC3)c2)=N1. The Bertz CT molecular complexity index is 719. The molecule has 0 bridgehead atoms. The fourth-order valence-corrected chi connectivity index (χ4v) is 3.90. The van der Waals surface area contributed by atoms with Crippen LogP contribution in [-0.4, -0.2) is 65.3 Å². The smallest absolute Gasteiger partial charge is 0.269 e. The fourth-order valence-electron chi connectivity index (χ4n) is 3.25. The summed E-state index contributed by atoms with van der Waals surface area (Å²) in [6.07, 6.45) is 4.71. The van der Waals surface area contributed by atoms with Gasteiger partial charge < -0.3 is 20.5 Å². The summed E-state index contributed by atoms with van der Waals surface area (Å²) in [5.41, 5.74) is 1.29. The molecule has 1 unspecified atom stereocenters. The molecule has 154 valence electrons. The number of hydrogen-bond acceptors (Lipinski definition) is 6. The molecule has 0 aromatic heterocycles. The summed E-state index contributed by atoms with van der Waals surface area (Å²) in [6, 6.07) is 8.31. The van der Waals surface area contributed by atoms with Gasteiger partial charge in [0.05, 0.1) is 13.2 Å². The average molecular weight is 408 g/mol. The number of ether oxygens (including phenoxy) is 1. The maximum atomic E-state index is 11.4. The van der Waals surface area contributed by atoms with Crippen LogP contribution in [0.4, 0.5) is 0 Å². The molecule has 1 aromatic carbocycles. The number of aliphatic hydroxyl groups is 1. The van der Waals surface area contributed by atoms with Crippen molar-refractivity contribution in [2.45, 2.75) is 32.2 Å². The normalized spacial score (nSPS) is 19.8. The third kappa shape index (κ3) is 6.57. The largest absolute Gasteiger partial charge is 0.494 e. The molecule has 0 spiro atoms. The van der Waals surface area contributed by atoms with E-state index in [9.17, 15) is 4.21 Å². The molecule has 2 heterocycles. The Morgan fingerprint density at radius 3 is 2.61 bits per heavy atom. The highest BCUT2D eigenvalue weighted by Crippen LogP contribution is 2.17. The van der Waals surface area contributed by atoms with Crippen molar-refractivity contribution in [2.24, 2.45) is 8.80 Å². The van der Waals surface area contributed by atoms with Gasteiger partial charge in [0.1, 0.15) is 5.75 Å². The monoisotopic (exact) mass is 407 g/mol. The second-order valence-electron chi connectivity index (χ2n) is 6.87. The Morgan fingerprint density at radius 1 is 1.11 bits per heavy atom. The lowest BCUT2D eigenvalue weighted by Gasteiger charge is -2.26. The number of piperidine rings is 1. The molecule has 3 N–H and O–H groups in total. The van der Waals surface area contributed by atoms with Crippen molar-refractivity contribution in [3.63, 3.8) is 0 Å². The predicted molar refractivity (Wildman–Crippen MR) is 112 cm³/mol. The maximum Gasteiger partial charge on any atom is 0.269 e. The molecule has 1 fully saturated rings. The minimum Gasteiger partial charge on any atom is -0.494 e. The molecule has 8 nitrogen and oxygen atoms in total. The van der Waals surface area contributed by atoms with Crippen molar-refractivity contribution in [1.29, 1.82) is 0 Å². The summed E-state index contributed by atoms with van der Waals surface area (Å²) in [5, 5.41) is 14.9. The molecular weight excluding hydrogens is 378 g/mol. The van der Waals surface area contributed by atoms with Gasteiger partial charge in [-0.15, -0.1) is 8.80 Å². The number of aliphatic hydroxyl groups excluding tert-OH is 1. The van der Waals surface area contributed by atoms with Crippen molar-refractivity contribution < 1.29 is 14.1 Å². The maximum absolute atomic E-state index is 11.4. The van der Waals surface area contributed by atoms with Gasteiger partial charge in [-0.3, -0.25) is 4.90 Å². The molecule has 2 aliphatic heterocycles. The van der Waals surface area contributed by atoms with Crippen LogP contribution in [0, 0.1) is 0 Å². The molecule has 9 heteroatoms. The van der Waals surface area contributed by atoms with E-state index in [1.165, 1.54) is 37.9 Å². The zero-order valence-electron chi connectivity index (χ0n) is 16.1. The van der Waals surface area contributed by atoms with Gasteiger partial charge in [-0.1, -0.05) is 18.6 Å². The lowest BCUT2D eigenvalue weighted by atomic mass is 10.1. The number of rotatable bonds is 9. The molecule has 1 atom stereocenters. The van der Waals surface area contributed by atoms with Gasteiger partial charge in [0.25, 0.3) is 11.2 Å². The van der Waals surface area contributed by atoms with Crippen LogP contribution in [-0.2, 0) is 17.7 Å². The van der Waals surface area contributed by atoms with E-state index in [1.807, 2.05) is 12.1 Å². The molecule has 1 saturated heterocycles. The van der Waals surface area contributed by atoms with Crippen LogP contribution in [0.3, 0.4) is 0 Å². The third-order valence-electron chi connectivity index (χ3n) is 4.60. The summed E-state index contributed by atoms with van der Waals surface area (Å²) < 4.78 is 25.1. The molecule has 0 amide bonds. The minimum atomic E-state index is -1.60. The minimum absolute atomic E-state index is 0.0242. The van der Waals surface area contributed by atoms with E-state index in [0.717, 1.165) is 18.7 Å². The molecule has 1 aromatic rings. The van der Waals surface area contributed by atoms with Gasteiger partial charge in [0.2, 0.25) is 0 Å². The number of nitrogens with zero attached hydrogens (tertiary/aromatic N) is 3. The van der Waals surface area contributed by atoms with E-state index in [0.29, 0.717) is 31.4 Å². The van der Waals surface area contributed by atoms with Gasteiger partial charge >= 0.3 is 0 Å². The van der Waals surface area contributed by atoms with Gasteiger partial charge in [-0.2, -0.15) is 0 Å². The van der Waals surface area contributed by atoms with E-state index in [1.54, 1.807) is 0 Å². The predicted octanol–water partition coefficient (Wildman–Crippen LogP) is 1.00. The van der Waals surface area contributed by atoms with Crippen LogP contribution >= 0.6 is 0 Å². The summed E-state index contributed by atoms with van der Waals surface area (Å²) in [5.74, 6) is 1.79. The Hall–Kier alpha value is -1.97. The zero-order chi connectivity index (χ0) is 19.6. The van der Waals surface area contributed by atoms with Crippen LogP contribution in [0.15, 0.2) is 33.1 Å². The first-order valence-electron chi connectivity index (χ1n) is 9.87. The quantitative estimate of drug-likeness (QED) is 0.529. The molecule has 0 radical (unpaired) electrons. The highest BCUT2D eigenvalue weighted by Gasteiger charge is 2.17. The molecule has 0 saturated carbocycles. The molecule has 0 aliphatic carbocycles. The van der Waals surface area contributed by atoms with Gasteiger partial charge in [0, 0.05) is 19.6 Å².